The molecule has 0 saturated heterocycles. The lowest BCUT2D eigenvalue weighted by molar-refractivity contribution is -0.133. The van der Waals surface area contributed by atoms with Crippen LogP contribution in [0.3, 0.4) is 0 Å². The second-order valence-electron chi connectivity index (χ2n) is 6.96. The maximum atomic E-state index is 12.3. The van der Waals surface area contributed by atoms with E-state index in [4.69, 9.17) is 26.8 Å². The Labute approximate surface area is 192 Å². The van der Waals surface area contributed by atoms with Crippen LogP contribution in [-0.4, -0.2) is 5.97 Å². The standard InChI is InChI=1S/C24H16BrClN2O3/c25-16-3-1-2-15(11-16)23-19-9-8-18(12-21(19)31-24(28)20(23)13-27)30-22(29)10-14-4-6-17(26)7-5-14/h1-9,11-12,23H,10,28H2. The molecule has 0 fully saturated rings. The smallest absolute Gasteiger partial charge is 0.315 e. The topological polar surface area (TPSA) is 85.3 Å². The molecule has 31 heavy (non-hydrogen) atoms. The summed E-state index contributed by atoms with van der Waals surface area (Å²) in [6.07, 6.45) is 0.108. The summed E-state index contributed by atoms with van der Waals surface area (Å²) in [7, 11) is 0. The molecule has 0 saturated carbocycles. The maximum Gasteiger partial charge on any atom is 0.315 e. The predicted octanol–water partition coefficient (Wildman–Crippen LogP) is 5.47. The molecular formula is C24H16BrClN2O3. The Morgan fingerprint density at radius 2 is 1.94 bits per heavy atom. The molecule has 0 aromatic heterocycles. The summed E-state index contributed by atoms with van der Waals surface area (Å²) in [6.45, 7) is 0. The van der Waals surface area contributed by atoms with E-state index in [-0.39, 0.29) is 18.2 Å². The molecule has 154 valence electrons. The van der Waals surface area contributed by atoms with Crippen LogP contribution >= 0.6 is 27.5 Å². The molecule has 1 unspecified atom stereocenters. The van der Waals surface area contributed by atoms with Crippen molar-refractivity contribution in [1.82, 2.24) is 0 Å². The van der Waals surface area contributed by atoms with E-state index in [1.807, 2.05) is 24.3 Å². The molecule has 1 aliphatic rings. The molecular weight excluding hydrogens is 480 g/mol. The van der Waals surface area contributed by atoms with Gasteiger partial charge in [0.1, 0.15) is 23.1 Å². The van der Waals surface area contributed by atoms with Gasteiger partial charge in [-0.3, -0.25) is 4.79 Å². The van der Waals surface area contributed by atoms with E-state index in [1.165, 1.54) is 0 Å². The summed E-state index contributed by atoms with van der Waals surface area (Å²) in [5.74, 6) is 0.00900. The van der Waals surface area contributed by atoms with Crippen LogP contribution < -0.4 is 15.2 Å². The van der Waals surface area contributed by atoms with Crippen molar-refractivity contribution in [2.24, 2.45) is 5.73 Å². The minimum atomic E-state index is -0.414. The quantitative estimate of drug-likeness (QED) is 0.383. The van der Waals surface area contributed by atoms with E-state index >= 15 is 0 Å². The first-order valence-electron chi connectivity index (χ1n) is 9.36. The average molecular weight is 496 g/mol. The number of hydrogen-bond acceptors (Lipinski definition) is 5. The first kappa shape index (κ1) is 21.0. The van der Waals surface area contributed by atoms with Crippen LogP contribution in [0.4, 0.5) is 0 Å². The maximum absolute atomic E-state index is 12.3. The van der Waals surface area contributed by atoms with Crippen molar-refractivity contribution >= 4 is 33.5 Å². The highest BCUT2D eigenvalue weighted by molar-refractivity contribution is 9.10. The fourth-order valence-electron chi connectivity index (χ4n) is 3.46. The zero-order chi connectivity index (χ0) is 22.0. The van der Waals surface area contributed by atoms with Gasteiger partial charge in [0.05, 0.1) is 12.3 Å². The fraction of sp³-hybridized carbons (Fsp3) is 0.0833. The number of fused-ring (bicyclic) bond motifs is 1. The molecule has 3 aromatic rings. The zero-order valence-corrected chi connectivity index (χ0v) is 18.5. The number of nitriles is 1. The molecule has 0 spiro atoms. The van der Waals surface area contributed by atoms with Crippen molar-refractivity contribution in [3.05, 3.63) is 104 Å². The molecule has 2 N–H and O–H groups in total. The van der Waals surface area contributed by atoms with Gasteiger partial charge in [0.2, 0.25) is 5.88 Å². The number of carbonyl (C=O) groups excluding carboxylic acids is 1. The number of hydrogen-bond donors (Lipinski definition) is 1. The van der Waals surface area contributed by atoms with Crippen LogP contribution in [-0.2, 0) is 11.2 Å². The summed E-state index contributed by atoms with van der Waals surface area (Å²) in [4.78, 5) is 12.3. The van der Waals surface area contributed by atoms with Gasteiger partial charge in [-0.2, -0.15) is 5.26 Å². The molecule has 7 heteroatoms. The minimum Gasteiger partial charge on any atom is -0.440 e. The Kier molecular flexibility index (Phi) is 5.99. The fourth-order valence-corrected chi connectivity index (χ4v) is 4.01. The summed E-state index contributed by atoms with van der Waals surface area (Å²) in [5.41, 5.74) is 8.83. The largest absolute Gasteiger partial charge is 0.440 e. The summed E-state index contributed by atoms with van der Waals surface area (Å²) in [6, 6.07) is 21.9. The lowest BCUT2D eigenvalue weighted by Crippen LogP contribution is -2.21. The van der Waals surface area contributed by atoms with Gasteiger partial charge in [0.25, 0.3) is 0 Å². The van der Waals surface area contributed by atoms with Gasteiger partial charge in [-0.15, -0.1) is 0 Å². The van der Waals surface area contributed by atoms with Gasteiger partial charge in [-0.05, 0) is 41.5 Å². The first-order chi connectivity index (χ1) is 14.9. The van der Waals surface area contributed by atoms with Crippen molar-refractivity contribution in [2.45, 2.75) is 12.3 Å². The van der Waals surface area contributed by atoms with Crippen LogP contribution in [0.1, 0.15) is 22.6 Å². The number of benzene rings is 3. The summed E-state index contributed by atoms with van der Waals surface area (Å²) in [5, 5.41) is 10.3. The summed E-state index contributed by atoms with van der Waals surface area (Å²) < 4.78 is 12.1. The number of nitrogens with zero attached hydrogens (tertiary/aromatic N) is 1. The Morgan fingerprint density at radius 1 is 1.16 bits per heavy atom. The van der Waals surface area contributed by atoms with Crippen molar-refractivity contribution in [3.63, 3.8) is 0 Å². The lowest BCUT2D eigenvalue weighted by Gasteiger charge is -2.26. The van der Waals surface area contributed by atoms with E-state index in [9.17, 15) is 10.1 Å². The third-order valence-corrected chi connectivity index (χ3v) is 5.61. The number of carbonyl (C=O) groups is 1. The Morgan fingerprint density at radius 3 is 2.65 bits per heavy atom. The molecule has 4 rings (SSSR count). The molecule has 0 radical (unpaired) electrons. The highest BCUT2D eigenvalue weighted by atomic mass is 79.9. The highest BCUT2D eigenvalue weighted by Gasteiger charge is 2.31. The van der Waals surface area contributed by atoms with Gasteiger partial charge in [0.15, 0.2) is 0 Å². The Bertz CT molecular complexity index is 1230. The number of esters is 1. The molecule has 0 bridgehead atoms. The van der Waals surface area contributed by atoms with Crippen LogP contribution in [0.15, 0.2) is 82.7 Å². The summed E-state index contributed by atoms with van der Waals surface area (Å²) >= 11 is 9.35. The second kappa shape index (κ2) is 8.84. The highest BCUT2D eigenvalue weighted by Crippen LogP contribution is 2.43. The Balaban J connectivity index is 1.61. The third kappa shape index (κ3) is 4.58. The van der Waals surface area contributed by atoms with E-state index in [0.717, 1.165) is 21.2 Å². The monoisotopic (exact) mass is 494 g/mol. The van der Waals surface area contributed by atoms with Crippen LogP contribution in [0.2, 0.25) is 5.02 Å². The predicted molar refractivity (Wildman–Crippen MR) is 121 cm³/mol. The molecule has 1 aliphatic heterocycles. The molecule has 0 amide bonds. The molecule has 5 nitrogen and oxygen atoms in total. The number of ether oxygens (including phenoxy) is 2. The first-order valence-corrected chi connectivity index (χ1v) is 10.5. The van der Waals surface area contributed by atoms with Crippen LogP contribution in [0.5, 0.6) is 11.5 Å². The van der Waals surface area contributed by atoms with Crippen molar-refractivity contribution in [1.29, 1.82) is 5.26 Å². The zero-order valence-electron chi connectivity index (χ0n) is 16.1. The van der Waals surface area contributed by atoms with E-state index in [0.29, 0.717) is 22.1 Å². The van der Waals surface area contributed by atoms with Gasteiger partial charge in [0, 0.05) is 21.1 Å². The van der Waals surface area contributed by atoms with E-state index in [1.54, 1.807) is 42.5 Å². The minimum absolute atomic E-state index is 0.0321. The van der Waals surface area contributed by atoms with Gasteiger partial charge < -0.3 is 15.2 Å². The number of allylic oxidation sites excluding steroid dienone is 1. The van der Waals surface area contributed by atoms with Crippen molar-refractivity contribution in [2.75, 3.05) is 0 Å². The molecule has 1 atom stereocenters. The van der Waals surface area contributed by atoms with E-state index < -0.39 is 5.97 Å². The van der Waals surface area contributed by atoms with Gasteiger partial charge in [-0.1, -0.05) is 57.9 Å². The average Bonchev–Trinajstić information content (AvgIpc) is 2.74. The normalized spacial score (nSPS) is 14.9. The molecule has 1 heterocycles. The number of rotatable bonds is 4. The lowest BCUT2D eigenvalue weighted by atomic mass is 9.83. The molecule has 3 aromatic carbocycles. The molecule has 0 aliphatic carbocycles. The van der Waals surface area contributed by atoms with Crippen molar-refractivity contribution < 1.29 is 14.3 Å². The van der Waals surface area contributed by atoms with Gasteiger partial charge >= 0.3 is 5.97 Å². The van der Waals surface area contributed by atoms with Crippen molar-refractivity contribution in [3.8, 4) is 17.6 Å². The van der Waals surface area contributed by atoms with Crippen LogP contribution in [0, 0.1) is 11.3 Å². The Hall–Kier alpha value is -3.27. The van der Waals surface area contributed by atoms with Crippen LogP contribution in [0.25, 0.3) is 0 Å². The number of halogens is 2. The number of nitrogens with two attached hydrogens (primary N) is 1. The van der Waals surface area contributed by atoms with Gasteiger partial charge in [-0.25, -0.2) is 0 Å². The third-order valence-electron chi connectivity index (χ3n) is 4.87. The second-order valence-corrected chi connectivity index (χ2v) is 8.31. The van der Waals surface area contributed by atoms with E-state index in [2.05, 4.69) is 22.0 Å². The SMILES string of the molecule is N#CC1=C(N)Oc2cc(OC(=O)Cc3ccc(Cl)cc3)ccc2C1c1cccc(Br)c1.